The Morgan fingerprint density at radius 2 is 2.20 bits per heavy atom. The van der Waals surface area contributed by atoms with Gasteiger partial charge in [0.15, 0.2) is 0 Å². The van der Waals surface area contributed by atoms with Gasteiger partial charge in [0.05, 0.1) is 0 Å². The van der Waals surface area contributed by atoms with E-state index in [-0.39, 0.29) is 5.41 Å². The Morgan fingerprint density at radius 1 is 1.47 bits per heavy atom. The minimum absolute atomic E-state index is 0.0671. The van der Waals surface area contributed by atoms with Gasteiger partial charge in [-0.1, -0.05) is 13.8 Å². The van der Waals surface area contributed by atoms with Crippen LogP contribution in [0.25, 0.3) is 0 Å². The molecule has 1 aromatic carbocycles. The molecule has 0 radical (unpaired) electrons. The Morgan fingerprint density at radius 3 is 2.87 bits per heavy atom. The Kier molecular flexibility index (Phi) is 2.18. The minimum atomic E-state index is 0.0671. The monoisotopic (exact) mass is 205 g/mol. The summed E-state index contributed by atoms with van der Waals surface area (Å²) in [5, 5.41) is 3.41. The summed E-state index contributed by atoms with van der Waals surface area (Å²) in [5.41, 5.74) is 2.40. The number of rotatable bonds is 2. The molecule has 0 aliphatic carbocycles. The average Bonchev–Trinajstić information content (AvgIpc) is 2.40. The zero-order valence-corrected chi connectivity index (χ0v) is 9.20. The van der Waals surface area contributed by atoms with Gasteiger partial charge in [-0.15, -0.1) is 0 Å². The summed E-state index contributed by atoms with van der Waals surface area (Å²) in [7, 11) is 0. The van der Waals surface area contributed by atoms with Crippen LogP contribution in [0.2, 0.25) is 0 Å². The molecule has 1 aliphatic rings. The van der Waals surface area contributed by atoms with Crippen molar-refractivity contribution in [3.05, 3.63) is 23.8 Å². The lowest BCUT2D eigenvalue weighted by Crippen LogP contribution is -2.29. The van der Waals surface area contributed by atoms with Crippen molar-refractivity contribution in [1.82, 2.24) is 0 Å². The third-order valence-electron chi connectivity index (χ3n) is 3.32. The number of ether oxygens (including phenoxy) is 1. The molecule has 0 saturated heterocycles. The Bertz CT molecular complexity index is 399. The number of benzene rings is 1. The van der Waals surface area contributed by atoms with Gasteiger partial charge in [-0.2, -0.15) is 0 Å². The summed E-state index contributed by atoms with van der Waals surface area (Å²) in [4.78, 5) is 10.3. The summed E-state index contributed by atoms with van der Waals surface area (Å²) in [6, 6.07) is 6.08. The Hall–Kier alpha value is -1.51. The standard InChI is InChI=1S/C12H15NO2/c1-8-12(2,3)10-6-9(15-7-14)4-5-11(10)13-8/h4-8,13H,1-3H3. The van der Waals surface area contributed by atoms with E-state index in [1.54, 1.807) is 6.07 Å². The Labute approximate surface area is 89.4 Å². The highest BCUT2D eigenvalue weighted by atomic mass is 16.5. The molecule has 0 bridgehead atoms. The molecule has 1 aliphatic heterocycles. The molecule has 0 saturated carbocycles. The minimum Gasteiger partial charge on any atom is -0.429 e. The zero-order valence-electron chi connectivity index (χ0n) is 9.20. The van der Waals surface area contributed by atoms with Gasteiger partial charge in [-0.05, 0) is 30.7 Å². The molecule has 1 N–H and O–H groups in total. The van der Waals surface area contributed by atoms with Crippen LogP contribution < -0.4 is 10.1 Å². The maximum atomic E-state index is 10.3. The highest BCUT2D eigenvalue weighted by molar-refractivity contribution is 5.64. The van der Waals surface area contributed by atoms with Crippen molar-refractivity contribution in [3.63, 3.8) is 0 Å². The molecule has 1 atom stereocenters. The summed E-state index contributed by atoms with van der Waals surface area (Å²) in [6.45, 7) is 6.98. The second-order valence-electron chi connectivity index (χ2n) is 4.51. The van der Waals surface area contributed by atoms with Gasteiger partial charge in [-0.3, -0.25) is 4.79 Å². The predicted octanol–water partition coefficient (Wildman–Crippen LogP) is 2.31. The first-order valence-corrected chi connectivity index (χ1v) is 5.07. The van der Waals surface area contributed by atoms with Crippen LogP contribution in [-0.2, 0) is 10.2 Å². The van der Waals surface area contributed by atoms with E-state index in [4.69, 9.17) is 4.74 Å². The molecular weight excluding hydrogens is 190 g/mol. The molecule has 3 nitrogen and oxygen atoms in total. The molecule has 1 heterocycles. The number of nitrogens with one attached hydrogen (secondary N) is 1. The predicted molar refractivity (Wildman–Crippen MR) is 59.2 cm³/mol. The molecule has 0 fully saturated rings. The van der Waals surface area contributed by atoms with E-state index in [2.05, 4.69) is 26.1 Å². The molecule has 1 unspecified atom stereocenters. The van der Waals surface area contributed by atoms with Crippen LogP contribution in [0.15, 0.2) is 18.2 Å². The third kappa shape index (κ3) is 1.48. The topological polar surface area (TPSA) is 38.3 Å². The van der Waals surface area contributed by atoms with Crippen LogP contribution in [-0.4, -0.2) is 12.5 Å². The second-order valence-corrected chi connectivity index (χ2v) is 4.51. The molecular formula is C12H15NO2. The van der Waals surface area contributed by atoms with E-state index in [1.165, 1.54) is 5.56 Å². The molecule has 15 heavy (non-hydrogen) atoms. The number of hydrogen-bond acceptors (Lipinski definition) is 3. The average molecular weight is 205 g/mol. The van der Waals surface area contributed by atoms with Crippen molar-refractivity contribution in [3.8, 4) is 5.75 Å². The van der Waals surface area contributed by atoms with Crippen molar-refractivity contribution >= 4 is 12.2 Å². The quantitative estimate of drug-likeness (QED) is 0.753. The van der Waals surface area contributed by atoms with Crippen LogP contribution in [0.3, 0.4) is 0 Å². The van der Waals surface area contributed by atoms with E-state index >= 15 is 0 Å². The normalized spacial score (nSPS) is 21.7. The van der Waals surface area contributed by atoms with Crippen molar-refractivity contribution in [2.75, 3.05) is 5.32 Å². The summed E-state index contributed by atoms with van der Waals surface area (Å²) in [6.07, 6.45) is 0. The number of fused-ring (bicyclic) bond motifs is 1. The molecule has 0 aromatic heterocycles. The lowest BCUT2D eigenvalue weighted by molar-refractivity contribution is -0.120. The Balaban J connectivity index is 2.45. The molecule has 1 aromatic rings. The van der Waals surface area contributed by atoms with Gasteiger partial charge < -0.3 is 10.1 Å². The van der Waals surface area contributed by atoms with E-state index in [0.717, 1.165) is 5.69 Å². The van der Waals surface area contributed by atoms with Crippen molar-refractivity contribution in [2.45, 2.75) is 32.2 Å². The van der Waals surface area contributed by atoms with Crippen LogP contribution in [0, 0.1) is 0 Å². The highest BCUT2D eigenvalue weighted by Crippen LogP contribution is 2.42. The fraction of sp³-hybridized carbons (Fsp3) is 0.417. The van der Waals surface area contributed by atoms with Gasteiger partial charge in [0.1, 0.15) is 5.75 Å². The smallest absolute Gasteiger partial charge is 0.298 e. The molecule has 2 rings (SSSR count). The molecule has 0 spiro atoms. The summed E-state index contributed by atoms with van der Waals surface area (Å²) >= 11 is 0. The van der Waals surface area contributed by atoms with Gasteiger partial charge in [0, 0.05) is 17.1 Å². The first-order chi connectivity index (χ1) is 7.05. The fourth-order valence-electron chi connectivity index (χ4n) is 1.96. The number of carbonyl (C=O) groups excluding carboxylic acids is 1. The maximum Gasteiger partial charge on any atom is 0.298 e. The fourth-order valence-corrected chi connectivity index (χ4v) is 1.96. The summed E-state index contributed by atoms with van der Waals surface area (Å²) in [5.74, 6) is 0.604. The molecule has 0 amide bonds. The van der Waals surface area contributed by atoms with E-state index in [9.17, 15) is 4.79 Å². The second kappa shape index (κ2) is 3.26. The first-order valence-electron chi connectivity index (χ1n) is 5.07. The maximum absolute atomic E-state index is 10.3. The van der Waals surface area contributed by atoms with Crippen LogP contribution >= 0.6 is 0 Å². The van der Waals surface area contributed by atoms with E-state index < -0.39 is 0 Å². The largest absolute Gasteiger partial charge is 0.429 e. The van der Waals surface area contributed by atoms with Crippen molar-refractivity contribution < 1.29 is 9.53 Å². The molecule has 80 valence electrons. The van der Waals surface area contributed by atoms with Crippen molar-refractivity contribution in [1.29, 1.82) is 0 Å². The number of anilines is 1. The third-order valence-corrected chi connectivity index (χ3v) is 3.32. The van der Waals surface area contributed by atoms with Gasteiger partial charge in [-0.25, -0.2) is 0 Å². The highest BCUT2D eigenvalue weighted by Gasteiger charge is 2.36. The lowest BCUT2D eigenvalue weighted by atomic mass is 9.81. The van der Waals surface area contributed by atoms with Gasteiger partial charge in [0.2, 0.25) is 0 Å². The van der Waals surface area contributed by atoms with Gasteiger partial charge in [0.25, 0.3) is 6.47 Å². The SMILES string of the molecule is CC1Nc2ccc(OC=O)cc2C1(C)C. The van der Waals surface area contributed by atoms with Crippen LogP contribution in [0.1, 0.15) is 26.3 Å². The van der Waals surface area contributed by atoms with E-state index in [0.29, 0.717) is 18.3 Å². The van der Waals surface area contributed by atoms with Crippen LogP contribution in [0.5, 0.6) is 5.75 Å². The lowest BCUT2D eigenvalue weighted by Gasteiger charge is -2.24. The number of hydrogen-bond donors (Lipinski definition) is 1. The number of carbonyl (C=O) groups is 1. The van der Waals surface area contributed by atoms with E-state index in [1.807, 2.05) is 12.1 Å². The van der Waals surface area contributed by atoms with Crippen LogP contribution in [0.4, 0.5) is 5.69 Å². The molecule has 3 heteroatoms. The van der Waals surface area contributed by atoms with Crippen molar-refractivity contribution in [2.24, 2.45) is 0 Å². The summed E-state index contributed by atoms with van der Waals surface area (Å²) < 4.78 is 4.85. The first kappa shape index (κ1) is 10.0. The zero-order chi connectivity index (χ0) is 11.1. The van der Waals surface area contributed by atoms with Gasteiger partial charge >= 0.3 is 0 Å².